The van der Waals surface area contributed by atoms with Gasteiger partial charge in [0.1, 0.15) is 0 Å². The van der Waals surface area contributed by atoms with Gasteiger partial charge in [-0.2, -0.15) is 5.10 Å². The number of aryl methyl sites for hydroxylation is 1. The third-order valence-electron chi connectivity index (χ3n) is 2.19. The Labute approximate surface area is 114 Å². The topological polar surface area (TPSA) is 50.2 Å². The zero-order chi connectivity index (χ0) is 11.3. The second kappa shape index (κ2) is 9.27. The van der Waals surface area contributed by atoms with Gasteiger partial charge in [0.05, 0.1) is 6.20 Å². The van der Waals surface area contributed by atoms with Gasteiger partial charge < -0.3 is 10.2 Å². The van der Waals surface area contributed by atoms with Crippen molar-refractivity contribution < 1.29 is 4.79 Å². The molecule has 5 nitrogen and oxygen atoms in total. The fourth-order valence-corrected chi connectivity index (χ4v) is 1.34. The lowest BCUT2D eigenvalue weighted by Gasteiger charge is -2.15. The molecule has 1 rings (SSSR count). The zero-order valence-electron chi connectivity index (χ0n) is 10.3. The van der Waals surface area contributed by atoms with Gasteiger partial charge in [-0.3, -0.25) is 9.48 Å². The van der Waals surface area contributed by atoms with Crippen LogP contribution in [-0.4, -0.2) is 41.2 Å². The summed E-state index contributed by atoms with van der Waals surface area (Å²) in [7, 11) is 5.52. The van der Waals surface area contributed by atoms with Crippen molar-refractivity contribution in [1.29, 1.82) is 0 Å². The summed E-state index contributed by atoms with van der Waals surface area (Å²) in [4.78, 5) is 13.3. The third-order valence-corrected chi connectivity index (χ3v) is 2.19. The van der Waals surface area contributed by atoms with Crippen LogP contribution in [0.4, 0.5) is 0 Å². The highest BCUT2D eigenvalue weighted by Gasteiger charge is 2.08. The molecule has 100 valence electrons. The maximum atomic E-state index is 11.6. The Kier molecular flexibility index (Phi) is 10.1. The first-order valence-corrected chi connectivity index (χ1v) is 4.99. The van der Waals surface area contributed by atoms with Gasteiger partial charge in [-0.15, -0.1) is 24.8 Å². The third kappa shape index (κ3) is 6.51. The van der Waals surface area contributed by atoms with E-state index in [9.17, 15) is 4.79 Å². The van der Waals surface area contributed by atoms with E-state index in [2.05, 4.69) is 10.4 Å². The molecule has 0 fully saturated rings. The highest BCUT2D eigenvalue weighted by atomic mass is 35.5. The standard InChI is InChI=1S/C10H18N4O.2ClH/c1-11-5-4-10(15)13(2)7-9-6-12-14(3)8-9;;/h6,8,11H,4-5,7H2,1-3H3;2*1H. The number of nitrogens with zero attached hydrogens (tertiary/aromatic N) is 3. The van der Waals surface area contributed by atoms with E-state index >= 15 is 0 Å². The molecule has 7 heteroatoms. The predicted molar refractivity (Wildman–Crippen MR) is 72.7 cm³/mol. The van der Waals surface area contributed by atoms with Gasteiger partial charge in [-0.1, -0.05) is 0 Å². The minimum Gasteiger partial charge on any atom is -0.341 e. The Bertz CT molecular complexity index is 330. The molecule has 0 bridgehead atoms. The van der Waals surface area contributed by atoms with E-state index in [-0.39, 0.29) is 30.7 Å². The molecular formula is C10H20Cl2N4O. The van der Waals surface area contributed by atoms with Crippen molar-refractivity contribution in [2.45, 2.75) is 13.0 Å². The van der Waals surface area contributed by atoms with Gasteiger partial charge in [0, 0.05) is 45.4 Å². The van der Waals surface area contributed by atoms with E-state index in [1.807, 2.05) is 27.3 Å². The summed E-state index contributed by atoms with van der Waals surface area (Å²) in [5.74, 6) is 0.146. The van der Waals surface area contributed by atoms with Crippen LogP contribution in [0.5, 0.6) is 0 Å². The van der Waals surface area contributed by atoms with Gasteiger partial charge in [0.25, 0.3) is 0 Å². The molecule has 0 aliphatic heterocycles. The smallest absolute Gasteiger partial charge is 0.223 e. The van der Waals surface area contributed by atoms with Crippen LogP contribution in [0.15, 0.2) is 12.4 Å². The van der Waals surface area contributed by atoms with E-state index in [1.54, 1.807) is 15.8 Å². The molecule has 0 saturated heterocycles. The van der Waals surface area contributed by atoms with Crippen LogP contribution < -0.4 is 5.32 Å². The average molecular weight is 283 g/mol. The Morgan fingerprint density at radius 2 is 2.18 bits per heavy atom. The summed E-state index contributed by atoms with van der Waals surface area (Å²) in [6.07, 6.45) is 4.23. The molecule has 1 N–H and O–H groups in total. The van der Waals surface area contributed by atoms with Crippen LogP contribution in [0.3, 0.4) is 0 Å². The number of carbonyl (C=O) groups excluding carboxylic acids is 1. The highest BCUT2D eigenvalue weighted by molar-refractivity contribution is 5.85. The van der Waals surface area contributed by atoms with Crippen molar-refractivity contribution in [2.24, 2.45) is 7.05 Å². The summed E-state index contributed by atoms with van der Waals surface area (Å²) in [6, 6.07) is 0. The quantitative estimate of drug-likeness (QED) is 0.871. The summed E-state index contributed by atoms with van der Waals surface area (Å²) < 4.78 is 1.74. The minimum atomic E-state index is 0. The molecule has 0 saturated carbocycles. The summed E-state index contributed by atoms with van der Waals surface area (Å²) in [6.45, 7) is 1.34. The Morgan fingerprint density at radius 1 is 1.53 bits per heavy atom. The normalized spacial score (nSPS) is 9.12. The number of hydrogen-bond acceptors (Lipinski definition) is 3. The molecule has 0 spiro atoms. The number of nitrogens with one attached hydrogen (secondary N) is 1. The van der Waals surface area contributed by atoms with Crippen LogP contribution in [0.25, 0.3) is 0 Å². The fourth-order valence-electron chi connectivity index (χ4n) is 1.34. The summed E-state index contributed by atoms with van der Waals surface area (Å²) >= 11 is 0. The lowest BCUT2D eigenvalue weighted by atomic mass is 10.3. The molecule has 0 atom stereocenters. The molecule has 1 aromatic rings. The summed E-state index contributed by atoms with van der Waals surface area (Å²) in [5, 5.41) is 7.02. The van der Waals surface area contributed by atoms with Crippen LogP contribution in [-0.2, 0) is 18.4 Å². The van der Waals surface area contributed by atoms with Crippen LogP contribution in [0.2, 0.25) is 0 Å². The van der Waals surface area contributed by atoms with Gasteiger partial charge in [0.2, 0.25) is 5.91 Å². The number of halogens is 2. The lowest BCUT2D eigenvalue weighted by molar-refractivity contribution is -0.130. The van der Waals surface area contributed by atoms with Crippen molar-refractivity contribution in [3.8, 4) is 0 Å². The zero-order valence-corrected chi connectivity index (χ0v) is 12.0. The number of aromatic nitrogens is 2. The molecule has 1 aromatic heterocycles. The monoisotopic (exact) mass is 282 g/mol. The molecule has 1 heterocycles. The number of amides is 1. The second-order valence-corrected chi connectivity index (χ2v) is 3.63. The SMILES string of the molecule is CNCCC(=O)N(C)Cc1cnn(C)c1.Cl.Cl. The maximum Gasteiger partial charge on any atom is 0.223 e. The minimum absolute atomic E-state index is 0. The van der Waals surface area contributed by atoms with E-state index in [0.29, 0.717) is 13.0 Å². The molecule has 17 heavy (non-hydrogen) atoms. The van der Waals surface area contributed by atoms with Crippen LogP contribution >= 0.6 is 24.8 Å². The van der Waals surface area contributed by atoms with Crippen molar-refractivity contribution in [3.63, 3.8) is 0 Å². The number of rotatable bonds is 5. The van der Waals surface area contributed by atoms with E-state index in [4.69, 9.17) is 0 Å². The van der Waals surface area contributed by atoms with Gasteiger partial charge in [-0.25, -0.2) is 0 Å². The summed E-state index contributed by atoms with van der Waals surface area (Å²) in [5.41, 5.74) is 1.05. The van der Waals surface area contributed by atoms with Gasteiger partial charge in [0.15, 0.2) is 0 Å². The molecule has 0 aliphatic rings. The van der Waals surface area contributed by atoms with E-state index < -0.39 is 0 Å². The van der Waals surface area contributed by atoms with E-state index in [1.165, 1.54) is 0 Å². The molecule has 0 aromatic carbocycles. The van der Waals surface area contributed by atoms with E-state index in [0.717, 1.165) is 12.1 Å². The first-order valence-electron chi connectivity index (χ1n) is 4.99. The second-order valence-electron chi connectivity index (χ2n) is 3.63. The first-order chi connectivity index (χ1) is 7.13. The van der Waals surface area contributed by atoms with Crippen molar-refractivity contribution in [3.05, 3.63) is 18.0 Å². The molecule has 0 radical (unpaired) electrons. The first kappa shape index (κ1) is 18.6. The van der Waals surface area contributed by atoms with Crippen molar-refractivity contribution in [1.82, 2.24) is 20.0 Å². The Morgan fingerprint density at radius 3 is 2.65 bits per heavy atom. The Balaban J connectivity index is 0. The lowest BCUT2D eigenvalue weighted by Crippen LogP contribution is -2.28. The van der Waals surface area contributed by atoms with Crippen LogP contribution in [0.1, 0.15) is 12.0 Å². The molecule has 1 amide bonds. The molecule has 0 aliphatic carbocycles. The van der Waals surface area contributed by atoms with Crippen molar-refractivity contribution in [2.75, 3.05) is 20.6 Å². The maximum absolute atomic E-state index is 11.6. The van der Waals surface area contributed by atoms with Crippen LogP contribution in [0, 0.1) is 0 Å². The number of carbonyl (C=O) groups is 1. The highest BCUT2D eigenvalue weighted by Crippen LogP contribution is 2.02. The van der Waals surface area contributed by atoms with Crippen molar-refractivity contribution >= 4 is 30.7 Å². The fraction of sp³-hybridized carbons (Fsp3) is 0.600. The van der Waals surface area contributed by atoms with Gasteiger partial charge in [-0.05, 0) is 7.05 Å². The molecule has 0 unspecified atom stereocenters. The number of hydrogen-bond donors (Lipinski definition) is 1. The predicted octanol–water partition coefficient (Wildman–Crippen LogP) is 0.832. The largest absolute Gasteiger partial charge is 0.341 e. The Hall–Kier alpha value is -0.780. The average Bonchev–Trinajstić information content (AvgIpc) is 2.60. The van der Waals surface area contributed by atoms with Gasteiger partial charge >= 0.3 is 0 Å². The molecular weight excluding hydrogens is 263 g/mol.